The number of nitrogens with zero attached hydrogens (tertiary/aromatic N) is 2. The smallest absolute Gasteiger partial charge is 0.254 e. The first-order valence-electron chi connectivity index (χ1n) is 9.74. The van der Waals surface area contributed by atoms with Crippen LogP contribution in [0.2, 0.25) is 0 Å². The van der Waals surface area contributed by atoms with Gasteiger partial charge in [0.2, 0.25) is 11.7 Å². The van der Waals surface area contributed by atoms with Gasteiger partial charge in [0.25, 0.3) is 5.91 Å². The Hall–Kier alpha value is -2.44. The molecule has 2 amide bonds. The van der Waals surface area contributed by atoms with Crippen LogP contribution in [0.25, 0.3) is 0 Å². The second-order valence-corrected chi connectivity index (χ2v) is 7.27. The van der Waals surface area contributed by atoms with Gasteiger partial charge in [-0.1, -0.05) is 0 Å². The number of carbonyl (C=O) groups is 2. The molecule has 0 saturated carbocycles. The standard InChI is InChI=1S/C20H26N2O5/c1-25-16-12-14(13-17-19(16)27-11-10-26-17)20(24)21-7-2-4-15(6-9-21)22-8-3-5-18(22)23/h12-13,15H,2-11H2,1H3. The molecule has 0 spiro atoms. The van der Waals surface area contributed by atoms with E-state index in [0.29, 0.717) is 55.5 Å². The van der Waals surface area contributed by atoms with Gasteiger partial charge < -0.3 is 24.0 Å². The third kappa shape index (κ3) is 3.55. The van der Waals surface area contributed by atoms with E-state index in [1.165, 1.54) is 0 Å². The van der Waals surface area contributed by atoms with E-state index in [1.54, 1.807) is 19.2 Å². The van der Waals surface area contributed by atoms with Crippen molar-refractivity contribution in [3.05, 3.63) is 17.7 Å². The van der Waals surface area contributed by atoms with Gasteiger partial charge in [-0.25, -0.2) is 0 Å². The molecule has 0 bridgehead atoms. The lowest BCUT2D eigenvalue weighted by Crippen LogP contribution is -2.37. The zero-order valence-electron chi connectivity index (χ0n) is 15.7. The molecule has 1 atom stereocenters. The Morgan fingerprint density at radius 3 is 2.74 bits per heavy atom. The summed E-state index contributed by atoms with van der Waals surface area (Å²) in [4.78, 5) is 29.0. The Morgan fingerprint density at radius 1 is 1.11 bits per heavy atom. The monoisotopic (exact) mass is 374 g/mol. The predicted molar refractivity (Wildman–Crippen MR) is 98.5 cm³/mol. The first-order valence-corrected chi connectivity index (χ1v) is 9.74. The number of hydrogen-bond acceptors (Lipinski definition) is 5. The Morgan fingerprint density at radius 2 is 1.96 bits per heavy atom. The largest absolute Gasteiger partial charge is 0.493 e. The number of benzene rings is 1. The Bertz CT molecular complexity index is 718. The van der Waals surface area contributed by atoms with Gasteiger partial charge in [-0.15, -0.1) is 0 Å². The summed E-state index contributed by atoms with van der Waals surface area (Å²) < 4.78 is 16.7. The number of rotatable bonds is 3. The van der Waals surface area contributed by atoms with Crippen molar-refractivity contribution in [1.82, 2.24) is 9.80 Å². The summed E-state index contributed by atoms with van der Waals surface area (Å²) in [7, 11) is 1.56. The first kappa shape index (κ1) is 17.9. The molecule has 4 rings (SSSR count). The number of amides is 2. The van der Waals surface area contributed by atoms with Crippen LogP contribution in [0.3, 0.4) is 0 Å². The second kappa shape index (κ2) is 7.66. The third-order valence-corrected chi connectivity index (χ3v) is 5.61. The summed E-state index contributed by atoms with van der Waals surface area (Å²) in [6.45, 7) is 3.15. The molecule has 1 aromatic carbocycles. The van der Waals surface area contributed by atoms with Gasteiger partial charge in [-0.2, -0.15) is 0 Å². The Balaban J connectivity index is 1.49. The molecule has 1 aromatic rings. The third-order valence-electron chi connectivity index (χ3n) is 5.61. The molecule has 146 valence electrons. The molecule has 27 heavy (non-hydrogen) atoms. The highest BCUT2D eigenvalue weighted by molar-refractivity contribution is 5.95. The fourth-order valence-corrected chi connectivity index (χ4v) is 4.23. The van der Waals surface area contributed by atoms with Crippen LogP contribution < -0.4 is 14.2 Å². The SMILES string of the molecule is COc1cc(C(=O)N2CCCC(N3CCCC3=O)CC2)cc2c1OCCO2. The molecule has 7 heteroatoms. The van der Waals surface area contributed by atoms with Crippen LogP contribution >= 0.6 is 0 Å². The van der Waals surface area contributed by atoms with Crippen LogP contribution in [0.5, 0.6) is 17.2 Å². The maximum atomic E-state index is 13.1. The van der Waals surface area contributed by atoms with Crippen molar-refractivity contribution in [2.45, 2.75) is 38.1 Å². The first-order chi connectivity index (χ1) is 13.2. The average Bonchev–Trinajstić information content (AvgIpc) is 2.98. The van der Waals surface area contributed by atoms with Crippen LogP contribution in [0.1, 0.15) is 42.5 Å². The van der Waals surface area contributed by atoms with E-state index in [-0.39, 0.29) is 17.9 Å². The number of fused-ring (bicyclic) bond motifs is 1. The van der Waals surface area contributed by atoms with E-state index in [9.17, 15) is 9.59 Å². The molecule has 0 aromatic heterocycles. The fourth-order valence-electron chi connectivity index (χ4n) is 4.23. The molecule has 7 nitrogen and oxygen atoms in total. The van der Waals surface area contributed by atoms with E-state index < -0.39 is 0 Å². The van der Waals surface area contributed by atoms with Crippen LogP contribution in [0.4, 0.5) is 0 Å². The highest BCUT2D eigenvalue weighted by Gasteiger charge is 2.31. The van der Waals surface area contributed by atoms with Gasteiger partial charge >= 0.3 is 0 Å². The van der Waals surface area contributed by atoms with Gasteiger partial charge in [0, 0.05) is 37.7 Å². The fraction of sp³-hybridized carbons (Fsp3) is 0.600. The van der Waals surface area contributed by atoms with E-state index >= 15 is 0 Å². The van der Waals surface area contributed by atoms with Crippen molar-refractivity contribution in [3.63, 3.8) is 0 Å². The maximum absolute atomic E-state index is 13.1. The number of hydrogen-bond donors (Lipinski definition) is 0. The van der Waals surface area contributed by atoms with Crippen molar-refractivity contribution in [2.24, 2.45) is 0 Å². The summed E-state index contributed by atoms with van der Waals surface area (Å²) >= 11 is 0. The van der Waals surface area contributed by atoms with Crippen molar-refractivity contribution in [1.29, 1.82) is 0 Å². The molecule has 1 unspecified atom stereocenters. The zero-order chi connectivity index (χ0) is 18.8. The lowest BCUT2D eigenvalue weighted by atomic mass is 10.1. The summed E-state index contributed by atoms with van der Waals surface area (Å²) in [5.74, 6) is 1.86. The second-order valence-electron chi connectivity index (χ2n) is 7.27. The minimum absolute atomic E-state index is 0.0290. The van der Waals surface area contributed by atoms with Crippen molar-refractivity contribution in [2.75, 3.05) is 40.0 Å². The summed E-state index contributed by atoms with van der Waals surface area (Å²) in [5, 5.41) is 0. The summed E-state index contributed by atoms with van der Waals surface area (Å²) in [6, 6.07) is 3.72. The van der Waals surface area contributed by atoms with Gasteiger partial charge in [-0.05, 0) is 37.8 Å². The number of likely N-dealkylation sites (tertiary alicyclic amines) is 2. The Labute approximate surface area is 159 Å². The van der Waals surface area contributed by atoms with Crippen molar-refractivity contribution >= 4 is 11.8 Å². The molecule has 3 aliphatic heterocycles. The quantitative estimate of drug-likeness (QED) is 0.810. The van der Waals surface area contributed by atoms with Crippen molar-refractivity contribution < 1.29 is 23.8 Å². The lowest BCUT2D eigenvalue weighted by Gasteiger charge is -2.27. The molecule has 0 radical (unpaired) electrons. The number of carbonyl (C=O) groups excluding carboxylic acids is 2. The minimum Gasteiger partial charge on any atom is -0.493 e. The molecule has 0 aliphatic carbocycles. The normalized spacial score (nSPS) is 22.6. The van der Waals surface area contributed by atoms with E-state index in [0.717, 1.165) is 32.2 Å². The van der Waals surface area contributed by atoms with Crippen LogP contribution in [0.15, 0.2) is 12.1 Å². The van der Waals surface area contributed by atoms with Gasteiger partial charge in [0.15, 0.2) is 11.5 Å². The van der Waals surface area contributed by atoms with Crippen molar-refractivity contribution in [3.8, 4) is 17.2 Å². The Kier molecular flexibility index (Phi) is 5.09. The molecule has 2 saturated heterocycles. The highest BCUT2D eigenvalue weighted by Crippen LogP contribution is 2.40. The van der Waals surface area contributed by atoms with E-state index in [2.05, 4.69) is 0 Å². The van der Waals surface area contributed by atoms with Crippen LogP contribution in [-0.4, -0.2) is 67.6 Å². The summed E-state index contributed by atoms with van der Waals surface area (Å²) in [6.07, 6.45) is 4.31. The van der Waals surface area contributed by atoms with Gasteiger partial charge in [0.05, 0.1) is 7.11 Å². The number of ether oxygens (including phenoxy) is 3. The zero-order valence-corrected chi connectivity index (χ0v) is 15.7. The number of methoxy groups -OCH3 is 1. The molecule has 3 heterocycles. The summed E-state index contributed by atoms with van der Waals surface area (Å²) in [5.41, 5.74) is 0.548. The molecule has 2 fully saturated rings. The molecular formula is C20H26N2O5. The molecule has 0 N–H and O–H groups in total. The minimum atomic E-state index is -0.0290. The molecular weight excluding hydrogens is 348 g/mol. The van der Waals surface area contributed by atoms with Crippen LogP contribution in [-0.2, 0) is 4.79 Å². The van der Waals surface area contributed by atoms with E-state index in [1.807, 2.05) is 9.80 Å². The topological polar surface area (TPSA) is 68.3 Å². The maximum Gasteiger partial charge on any atom is 0.254 e. The predicted octanol–water partition coefficient (Wildman–Crippen LogP) is 2.08. The van der Waals surface area contributed by atoms with Gasteiger partial charge in [-0.3, -0.25) is 9.59 Å². The average molecular weight is 374 g/mol. The lowest BCUT2D eigenvalue weighted by molar-refractivity contribution is -0.129. The van der Waals surface area contributed by atoms with Gasteiger partial charge in [0.1, 0.15) is 13.2 Å². The highest BCUT2D eigenvalue weighted by atomic mass is 16.6. The van der Waals surface area contributed by atoms with Crippen LogP contribution in [0, 0.1) is 0 Å². The van der Waals surface area contributed by atoms with E-state index in [4.69, 9.17) is 14.2 Å². The molecule has 3 aliphatic rings.